The third-order valence-corrected chi connectivity index (χ3v) is 17.7. The van der Waals surface area contributed by atoms with Crippen molar-refractivity contribution in [3.63, 3.8) is 0 Å². The Morgan fingerprint density at radius 3 is 0.878 bits per heavy atom. The van der Waals surface area contributed by atoms with Gasteiger partial charge in [-0.15, -0.1) is 0 Å². The van der Waals surface area contributed by atoms with Gasteiger partial charge < -0.3 is 20.3 Å². The first-order valence-electron chi connectivity index (χ1n) is 37.6. The second-order valence-electron chi connectivity index (χ2n) is 26.0. The highest BCUT2D eigenvalue weighted by Crippen LogP contribution is 2.19. The molecule has 0 fully saturated rings. The van der Waals surface area contributed by atoms with Crippen molar-refractivity contribution in [1.82, 2.24) is 5.32 Å². The van der Waals surface area contributed by atoms with E-state index in [0.717, 1.165) is 44.9 Å². The molecule has 0 saturated heterocycles. The summed E-state index contributed by atoms with van der Waals surface area (Å²) in [5.74, 6) is -0.0145. The molecule has 0 saturated carbocycles. The minimum atomic E-state index is -0.660. The van der Waals surface area contributed by atoms with Crippen LogP contribution in [0, 0.1) is 0 Å². The molecule has 0 spiro atoms. The number of hydrogen-bond acceptors (Lipinski definition) is 5. The number of amides is 1. The number of unbranched alkanes of at least 4 members (excludes halogenated alkanes) is 56. The first kappa shape index (κ1) is 80.3. The van der Waals surface area contributed by atoms with Gasteiger partial charge in [0.05, 0.1) is 25.4 Å². The third-order valence-electron chi connectivity index (χ3n) is 17.7. The lowest BCUT2D eigenvalue weighted by Gasteiger charge is -2.22. The summed E-state index contributed by atoms with van der Waals surface area (Å²) in [6.45, 7) is 4.97. The van der Waals surface area contributed by atoms with E-state index >= 15 is 0 Å². The predicted octanol–water partition coefficient (Wildman–Crippen LogP) is 24.5. The zero-order chi connectivity index (χ0) is 59.2. The van der Waals surface area contributed by atoms with Gasteiger partial charge in [0, 0.05) is 12.8 Å². The molecule has 0 aromatic rings. The molecule has 0 bridgehead atoms. The van der Waals surface area contributed by atoms with E-state index in [0.29, 0.717) is 25.9 Å². The standard InChI is InChI=1S/C76H147NO5/c1-3-5-7-9-11-13-15-44-48-52-56-60-64-68-74(79)73(72-78)77-75(80)69-65-61-57-53-49-46-42-40-38-36-34-32-30-28-26-24-22-20-18-17-19-21-23-25-27-29-31-33-35-37-39-41-43-47-51-55-59-63-67-71-82-76(81)70-66-62-58-54-50-45-16-14-12-10-8-6-4-2/h14,16-18,73-74,78-79H,3-13,15,19-72H2,1-2H3,(H,77,80)/b16-14-,18-17-. The van der Waals surface area contributed by atoms with Gasteiger partial charge in [-0.25, -0.2) is 0 Å². The minimum Gasteiger partial charge on any atom is -0.466 e. The number of allylic oxidation sites excluding steroid dienone is 4. The van der Waals surface area contributed by atoms with Crippen molar-refractivity contribution >= 4 is 11.9 Å². The highest BCUT2D eigenvalue weighted by atomic mass is 16.5. The fourth-order valence-electron chi connectivity index (χ4n) is 12.0. The lowest BCUT2D eigenvalue weighted by molar-refractivity contribution is -0.143. The summed E-state index contributed by atoms with van der Waals surface area (Å²) in [5.41, 5.74) is 0. The highest BCUT2D eigenvalue weighted by Gasteiger charge is 2.20. The Balaban J connectivity index is 3.30. The van der Waals surface area contributed by atoms with Crippen LogP contribution in [-0.2, 0) is 14.3 Å². The maximum absolute atomic E-state index is 12.5. The van der Waals surface area contributed by atoms with Crippen LogP contribution >= 0.6 is 0 Å². The maximum Gasteiger partial charge on any atom is 0.305 e. The molecular weight excluding hydrogens is 1010 g/mol. The van der Waals surface area contributed by atoms with Crippen molar-refractivity contribution in [2.75, 3.05) is 13.2 Å². The fraction of sp³-hybridized carbons (Fsp3) is 0.921. The molecule has 0 aliphatic rings. The van der Waals surface area contributed by atoms with E-state index in [1.165, 1.54) is 347 Å². The van der Waals surface area contributed by atoms with Crippen LogP contribution in [-0.4, -0.2) is 47.4 Å². The van der Waals surface area contributed by atoms with Crippen LogP contribution in [0.1, 0.15) is 425 Å². The van der Waals surface area contributed by atoms with Gasteiger partial charge in [-0.3, -0.25) is 9.59 Å². The van der Waals surface area contributed by atoms with Gasteiger partial charge in [0.25, 0.3) is 0 Å². The molecule has 0 radical (unpaired) electrons. The molecule has 0 aliphatic heterocycles. The summed E-state index contributed by atoms with van der Waals surface area (Å²) >= 11 is 0. The van der Waals surface area contributed by atoms with Crippen LogP contribution < -0.4 is 5.32 Å². The highest BCUT2D eigenvalue weighted by molar-refractivity contribution is 5.76. The van der Waals surface area contributed by atoms with Crippen LogP contribution in [0.15, 0.2) is 24.3 Å². The van der Waals surface area contributed by atoms with Gasteiger partial charge in [-0.05, 0) is 77.0 Å². The molecule has 0 rings (SSSR count). The molecule has 0 heterocycles. The molecule has 0 aliphatic carbocycles. The number of nitrogens with one attached hydrogen (secondary N) is 1. The summed E-state index contributed by atoms with van der Waals surface area (Å²) in [4.78, 5) is 24.5. The lowest BCUT2D eigenvalue weighted by Crippen LogP contribution is -2.45. The number of aliphatic hydroxyl groups excluding tert-OH is 2. The number of aliphatic hydroxyl groups is 2. The molecule has 2 unspecified atom stereocenters. The average Bonchev–Trinajstić information content (AvgIpc) is 3.48. The molecule has 82 heavy (non-hydrogen) atoms. The van der Waals surface area contributed by atoms with Gasteiger partial charge >= 0.3 is 5.97 Å². The van der Waals surface area contributed by atoms with Crippen molar-refractivity contribution in [3.05, 3.63) is 24.3 Å². The molecule has 0 aromatic heterocycles. The van der Waals surface area contributed by atoms with Crippen molar-refractivity contribution < 1.29 is 24.5 Å². The molecule has 2 atom stereocenters. The minimum absolute atomic E-state index is 0.0137. The van der Waals surface area contributed by atoms with Gasteiger partial charge in [0.15, 0.2) is 0 Å². The van der Waals surface area contributed by atoms with Crippen LogP contribution in [0.25, 0.3) is 0 Å². The second kappa shape index (κ2) is 71.8. The smallest absolute Gasteiger partial charge is 0.305 e. The van der Waals surface area contributed by atoms with Crippen molar-refractivity contribution in [2.24, 2.45) is 0 Å². The Hall–Kier alpha value is -1.66. The van der Waals surface area contributed by atoms with E-state index in [1.54, 1.807) is 0 Å². The van der Waals surface area contributed by atoms with E-state index in [1.807, 2.05) is 0 Å². The molecule has 6 heteroatoms. The predicted molar refractivity (Wildman–Crippen MR) is 361 cm³/mol. The average molecular weight is 1160 g/mol. The van der Waals surface area contributed by atoms with E-state index in [4.69, 9.17) is 4.74 Å². The van der Waals surface area contributed by atoms with E-state index in [2.05, 4.69) is 43.5 Å². The van der Waals surface area contributed by atoms with E-state index < -0.39 is 12.1 Å². The van der Waals surface area contributed by atoms with Gasteiger partial charge in [0.2, 0.25) is 5.91 Å². The van der Waals surface area contributed by atoms with Gasteiger partial charge in [-0.2, -0.15) is 0 Å². The van der Waals surface area contributed by atoms with Crippen LogP contribution in [0.4, 0.5) is 0 Å². The number of ether oxygens (including phenoxy) is 1. The molecular formula is C76H147NO5. The summed E-state index contributed by atoms with van der Waals surface area (Å²) in [5, 5.41) is 23.3. The molecule has 0 aromatic carbocycles. The Kier molecular flexibility index (Phi) is 70.4. The maximum atomic E-state index is 12.5. The first-order chi connectivity index (χ1) is 40.5. The quantitative estimate of drug-likeness (QED) is 0.0320. The molecule has 6 nitrogen and oxygen atoms in total. The summed E-state index contributed by atoms with van der Waals surface area (Å²) in [7, 11) is 0. The van der Waals surface area contributed by atoms with E-state index in [-0.39, 0.29) is 18.5 Å². The van der Waals surface area contributed by atoms with Crippen LogP contribution in [0.3, 0.4) is 0 Å². The van der Waals surface area contributed by atoms with Crippen molar-refractivity contribution in [1.29, 1.82) is 0 Å². The number of carbonyl (C=O) groups is 2. The zero-order valence-corrected chi connectivity index (χ0v) is 55.8. The second-order valence-corrected chi connectivity index (χ2v) is 26.0. The number of esters is 1. The molecule has 486 valence electrons. The number of carbonyl (C=O) groups excluding carboxylic acids is 2. The van der Waals surface area contributed by atoms with Crippen LogP contribution in [0.2, 0.25) is 0 Å². The SMILES string of the molecule is CCCCCC/C=C\CCCCCCCC(=O)OCCCCCCCCCCCCCCCCCCCC/C=C\CCCCCCCCCCCCCCCCCCCC(=O)NC(CO)C(O)CCCCCCCCCCCCCCC. The summed E-state index contributed by atoms with van der Waals surface area (Å²) in [6, 6.07) is -0.537. The fourth-order valence-corrected chi connectivity index (χ4v) is 12.0. The summed E-state index contributed by atoms with van der Waals surface area (Å²) < 4.78 is 5.49. The summed E-state index contributed by atoms with van der Waals surface area (Å²) in [6.07, 6.45) is 91.3. The number of hydrogen-bond donors (Lipinski definition) is 3. The first-order valence-corrected chi connectivity index (χ1v) is 37.6. The van der Waals surface area contributed by atoms with Gasteiger partial charge in [0.1, 0.15) is 0 Å². The third kappa shape index (κ3) is 67.5. The Morgan fingerprint density at radius 1 is 0.329 bits per heavy atom. The lowest BCUT2D eigenvalue weighted by atomic mass is 10.0. The largest absolute Gasteiger partial charge is 0.466 e. The van der Waals surface area contributed by atoms with Crippen molar-refractivity contribution in [2.45, 2.75) is 437 Å². The van der Waals surface area contributed by atoms with E-state index in [9.17, 15) is 19.8 Å². The zero-order valence-electron chi connectivity index (χ0n) is 55.8. The Morgan fingerprint density at radius 2 is 0.573 bits per heavy atom. The van der Waals surface area contributed by atoms with Crippen molar-refractivity contribution in [3.8, 4) is 0 Å². The monoisotopic (exact) mass is 1150 g/mol. The van der Waals surface area contributed by atoms with Crippen LogP contribution in [0.5, 0.6) is 0 Å². The Labute approximate surface area is 513 Å². The molecule has 1 amide bonds. The Bertz CT molecular complexity index is 1280. The molecule has 3 N–H and O–H groups in total. The van der Waals surface area contributed by atoms with Gasteiger partial charge in [-0.1, -0.05) is 359 Å². The normalized spacial score (nSPS) is 12.6. The number of rotatable bonds is 71. The topological polar surface area (TPSA) is 95.9 Å².